The number of fused-ring (bicyclic) bond motifs is 1. The normalized spacial score (nSPS) is 15.3. The average molecular weight is 465 g/mol. The highest BCUT2D eigenvalue weighted by atomic mass is 32.2. The summed E-state index contributed by atoms with van der Waals surface area (Å²) in [6.07, 6.45) is 0.485. The predicted molar refractivity (Wildman–Crippen MR) is 123 cm³/mol. The van der Waals surface area contributed by atoms with E-state index in [0.717, 1.165) is 22.0 Å². The van der Waals surface area contributed by atoms with Gasteiger partial charge < -0.3 is 9.15 Å². The zero-order chi connectivity index (χ0) is 21.9. The molecule has 32 heavy (non-hydrogen) atoms. The lowest BCUT2D eigenvalue weighted by Gasteiger charge is -2.37. The number of amides is 1. The second-order valence-corrected chi connectivity index (χ2v) is 9.24. The molecular weight excluding hydrogens is 444 g/mol. The molecule has 9 heteroatoms. The van der Waals surface area contributed by atoms with Crippen LogP contribution in [0.2, 0.25) is 0 Å². The number of aryl methyl sites for hydroxylation is 1. The lowest BCUT2D eigenvalue weighted by molar-refractivity contribution is -0.117. The molecule has 0 saturated heterocycles. The molecule has 7 nitrogen and oxygen atoms in total. The SMILES string of the molecule is Cc1nc(Cc2nnc(SCC(=O)N3c4ccccc4OC[C@@H]3c3ccccc3)o2)cs1. The Morgan fingerprint density at radius 3 is 2.78 bits per heavy atom. The smallest absolute Gasteiger partial charge is 0.277 e. The van der Waals surface area contributed by atoms with E-state index in [1.165, 1.54) is 11.8 Å². The minimum absolute atomic E-state index is 0.0468. The number of para-hydroxylation sites is 2. The van der Waals surface area contributed by atoms with Gasteiger partial charge in [0.15, 0.2) is 0 Å². The van der Waals surface area contributed by atoms with Gasteiger partial charge in [-0.25, -0.2) is 4.98 Å². The van der Waals surface area contributed by atoms with Crippen LogP contribution in [0.25, 0.3) is 0 Å². The van der Waals surface area contributed by atoms with Crippen molar-refractivity contribution >= 4 is 34.7 Å². The third kappa shape index (κ3) is 4.39. The first-order valence-electron chi connectivity index (χ1n) is 10.1. The second-order valence-electron chi connectivity index (χ2n) is 7.25. The van der Waals surface area contributed by atoms with E-state index in [-0.39, 0.29) is 17.7 Å². The van der Waals surface area contributed by atoms with E-state index >= 15 is 0 Å². The van der Waals surface area contributed by atoms with Crippen molar-refractivity contribution in [3.63, 3.8) is 0 Å². The first-order valence-corrected chi connectivity index (χ1v) is 12.0. The van der Waals surface area contributed by atoms with Gasteiger partial charge in [0.1, 0.15) is 12.4 Å². The second kappa shape index (κ2) is 9.13. The lowest BCUT2D eigenvalue weighted by atomic mass is 10.0. The van der Waals surface area contributed by atoms with E-state index in [1.54, 1.807) is 11.3 Å². The highest BCUT2D eigenvalue weighted by Gasteiger charge is 2.33. The fourth-order valence-corrected chi connectivity index (χ4v) is 4.88. The summed E-state index contributed by atoms with van der Waals surface area (Å²) in [6.45, 7) is 2.36. The summed E-state index contributed by atoms with van der Waals surface area (Å²) in [5.74, 6) is 1.32. The van der Waals surface area contributed by atoms with Gasteiger partial charge >= 0.3 is 0 Å². The number of anilines is 1. The Labute approximate surface area is 193 Å². The predicted octanol–water partition coefficient (Wildman–Crippen LogP) is 4.68. The van der Waals surface area contributed by atoms with Crippen LogP contribution in [0.3, 0.4) is 0 Å². The van der Waals surface area contributed by atoms with Gasteiger partial charge in [-0.05, 0) is 24.6 Å². The minimum Gasteiger partial charge on any atom is -0.489 e. The van der Waals surface area contributed by atoms with Crippen LogP contribution < -0.4 is 9.64 Å². The number of carbonyl (C=O) groups is 1. The molecule has 2 aromatic carbocycles. The van der Waals surface area contributed by atoms with Gasteiger partial charge in [-0.3, -0.25) is 9.69 Å². The molecule has 0 N–H and O–H groups in total. The van der Waals surface area contributed by atoms with Crippen molar-refractivity contribution in [1.82, 2.24) is 15.2 Å². The van der Waals surface area contributed by atoms with Crippen LogP contribution >= 0.6 is 23.1 Å². The van der Waals surface area contributed by atoms with Crippen LogP contribution in [-0.4, -0.2) is 33.4 Å². The van der Waals surface area contributed by atoms with Gasteiger partial charge in [0, 0.05) is 5.38 Å². The third-order valence-corrected chi connectivity index (χ3v) is 6.68. The van der Waals surface area contributed by atoms with E-state index in [9.17, 15) is 4.79 Å². The first kappa shape index (κ1) is 20.7. The molecule has 0 radical (unpaired) electrons. The minimum atomic E-state index is -0.203. The number of aromatic nitrogens is 3. The number of hydrogen-bond donors (Lipinski definition) is 0. The van der Waals surface area contributed by atoms with Crippen LogP contribution in [0.15, 0.2) is 69.6 Å². The van der Waals surface area contributed by atoms with Gasteiger partial charge in [-0.15, -0.1) is 21.5 Å². The van der Waals surface area contributed by atoms with Crippen molar-refractivity contribution in [3.05, 3.63) is 82.1 Å². The van der Waals surface area contributed by atoms with Crippen molar-refractivity contribution in [3.8, 4) is 5.75 Å². The number of carbonyl (C=O) groups excluding carboxylic acids is 1. The maximum absolute atomic E-state index is 13.4. The number of thioether (sulfide) groups is 1. The maximum Gasteiger partial charge on any atom is 0.277 e. The summed E-state index contributed by atoms with van der Waals surface area (Å²) < 4.78 is 11.7. The van der Waals surface area contributed by atoms with E-state index in [0.29, 0.717) is 29.9 Å². The number of benzene rings is 2. The molecule has 162 valence electrons. The maximum atomic E-state index is 13.4. The van der Waals surface area contributed by atoms with Gasteiger partial charge in [0.2, 0.25) is 11.8 Å². The Morgan fingerprint density at radius 2 is 1.97 bits per heavy atom. The lowest BCUT2D eigenvalue weighted by Crippen LogP contribution is -2.42. The highest BCUT2D eigenvalue weighted by Crippen LogP contribution is 2.39. The Morgan fingerprint density at radius 1 is 1.16 bits per heavy atom. The molecule has 0 unspecified atom stereocenters. The van der Waals surface area contributed by atoms with Crippen molar-refractivity contribution in [2.24, 2.45) is 0 Å². The van der Waals surface area contributed by atoms with Gasteiger partial charge in [-0.1, -0.05) is 54.2 Å². The standard InChI is InChI=1S/C23H20N4O3S2/c1-15-24-17(13-31-15)11-21-25-26-23(30-21)32-14-22(28)27-18-9-5-6-10-20(18)29-12-19(27)16-7-3-2-4-8-16/h2-10,13,19H,11-12,14H2,1H3/t19-/m1/s1. The number of rotatable bonds is 6. The van der Waals surface area contributed by atoms with E-state index in [1.807, 2.05) is 71.8 Å². The summed E-state index contributed by atoms with van der Waals surface area (Å²) in [7, 11) is 0. The molecule has 0 spiro atoms. The number of thiazole rings is 1. The Kier molecular flexibility index (Phi) is 5.91. The average Bonchev–Trinajstić information content (AvgIpc) is 3.45. The molecular formula is C23H20N4O3S2. The molecule has 2 aromatic heterocycles. The summed E-state index contributed by atoms with van der Waals surface area (Å²) in [4.78, 5) is 19.6. The Hall–Kier alpha value is -3.17. The molecule has 0 bridgehead atoms. The summed E-state index contributed by atoms with van der Waals surface area (Å²) >= 11 is 2.83. The molecule has 3 heterocycles. The topological polar surface area (TPSA) is 81.4 Å². The number of hydrogen-bond acceptors (Lipinski definition) is 8. The third-order valence-electron chi connectivity index (χ3n) is 5.05. The fourth-order valence-electron chi connectivity index (χ4n) is 3.62. The zero-order valence-electron chi connectivity index (χ0n) is 17.3. The molecule has 4 aromatic rings. The fraction of sp³-hybridized carbons (Fsp3) is 0.217. The van der Waals surface area contributed by atoms with E-state index in [4.69, 9.17) is 9.15 Å². The van der Waals surface area contributed by atoms with Crippen LogP contribution in [0.1, 0.15) is 28.2 Å². The molecule has 1 aliphatic heterocycles. The van der Waals surface area contributed by atoms with Gasteiger partial charge in [0.25, 0.3) is 5.22 Å². The van der Waals surface area contributed by atoms with Crippen LogP contribution in [-0.2, 0) is 11.2 Å². The van der Waals surface area contributed by atoms with Crippen LogP contribution in [0.5, 0.6) is 5.75 Å². The quantitative estimate of drug-likeness (QED) is 0.383. The zero-order valence-corrected chi connectivity index (χ0v) is 18.9. The molecule has 1 atom stereocenters. The molecule has 1 aliphatic rings. The van der Waals surface area contributed by atoms with Crippen LogP contribution in [0.4, 0.5) is 5.69 Å². The summed E-state index contributed by atoms with van der Waals surface area (Å²) in [5.41, 5.74) is 2.70. The largest absolute Gasteiger partial charge is 0.489 e. The molecule has 0 aliphatic carbocycles. The van der Waals surface area contributed by atoms with Crippen LogP contribution in [0, 0.1) is 6.92 Å². The van der Waals surface area contributed by atoms with Crippen molar-refractivity contribution < 1.29 is 13.9 Å². The monoisotopic (exact) mass is 464 g/mol. The molecule has 0 saturated carbocycles. The van der Waals surface area contributed by atoms with Crippen molar-refractivity contribution in [2.45, 2.75) is 24.6 Å². The van der Waals surface area contributed by atoms with Crippen molar-refractivity contribution in [2.75, 3.05) is 17.3 Å². The molecule has 5 rings (SSSR count). The highest BCUT2D eigenvalue weighted by molar-refractivity contribution is 7.99. The summed E-state index contributed by atoms with van der Waals surface area (Å²) in [5, 5.41) is 11.5. The van der Waals surface area contributed by atoms with Gasteiger partial charge in [-0.2, -0.15) is 0 Å². The molecule has 1 amide bonds. The number of ether oxygens (including phenoxy) is 1. The number of nitrogens with zero attached hydrogens (tertiary/aromatic N) is 4. The van der Waals surface area contributed by atoms with Gasteiger partial charge in [0.05, 0.1) is 34.6 Å². The Balaban J connectivity index is 1.32. The van der Waals surface area contributed by atoms with E-state index < -0.39 is 0 Å². The Bertz CT molecular complexity index is 1220. The summed E-state index contributed by atoms with van der Waals surface area (Å²) in [6, 6.07) is 17.3. The van der Waals surface area contributed by atoms with Crippen molar-refractivity contribution in [1.29, 1.82) is 0 Å². The molecule has 0 fully saturated rings. The first-order chi connectivity index (χ1) is 15.7. The van der Waals surface area contributed by atoms with E-state index in [2.05, 4.69) is 15.2 Å².